The lowest BCUT2D eigenvalue weighted by Crippen LogP contribution is -2.50. The number of nitrogens with zero attached hydrogens (tertiary/aromatic N) is 4. The molecule has 0 radical (unpaired) electrons. The van der Waals surface area contributed by atoms with Crippen molar-refractivity contribution < 1.29 is 18.0 Å². The molecule has 9 nitrogen and oxygen atoms in total. The first-order valence-electron chi connectivity index (χ1n) is 9.86. The molecule has 30 heavy (non-hydrogen) atoms. The molecule has 0 aliphatic carbocycles. The fourth-order valence-electron chi connectivity index (χ4n) is 3.74. The fourth-order valence-corrected chi connectivity index (χ4v) is 5.53. The molecule has 2 heterocycles. The van der Waals surface area contributed by atoms with Crippen LogP contribution in [0.4, 0.5) is 5.69 Å². The summed E-state index contributed by atoms with van der Waals surface area (Å²) in [7, 11) is -3.68. The molecule has 1 saturated heterocycles. The van der Waals surface area contributed by atoms with Crippen LogP contribution in [-0.2, 0) is 21.4 Å². The van der Waals surface area contributed by atoms with Gasteiger partial charge in [-0.1, -0.05) is 6.07 Å². The van der Waals surface area contributed by atoms with E-state index >= 15 is 0 Å². The highest BCUT2D eigenvalue weighted by Gasteiger charge is 2.34. The summed E-state index contributed by atoms with van der Waals surface area (Å²) >= 11 is 0. The number of amides is 2. The van der Waals surface area contributed by atoms with Gasteiger partial charge in [-0.05, 0) is 39.0 Å². The number of anilines is 1. The first-order valence-corrected chi connectivity index (χ1v) is 11.3. The first-order chi connectivity index (χ1) is 14.1. The minimum absolute atomic E-state index is 0.189. The molecule has 2 amide bonds. The lowest BCUT2D eigenvalue weighted by molar-refractivity contribution is -0.114. The van der Waals surface area contributed by atoms with Crippen LogP contribution in [0.3, 0.4) is 0 Å². The van der Waals surface area contributed by atoms with Crippen LogP contribution in [0.1, 0.15) is 35.6 Å². The van der Waals surface area contributed by atoms with Gasteiger partial charge in [0.25, 0.3) is 5.91 Å². The number of aromatic nitrogens is 2. The number of hydrogen-bond donors (Lipinski definition) is 1. The van der Waals surface area contributed by atoms with Gasteiger partial charge in [0.05, 0.1) is 11.4 Å². The molecule has 1 fully saturated rings. The average Bonchev–Trinajstić information content (AvgIpc) is 3.01. The van der Waals surface area contributed by atoms with Gasteiger partial charge in [0.15, 0.2) is 0 Å². The van der Waals surface area contributed by atoms with Gasteiger partial charge in [0.1, 0.15) is 4.90 Å². The van der Waals surface area contributed by atoms with Crippen molar-refractivity contribution in [1.29, 1.82) is 0 Å². The number of nitrogens with one attached hydrogen (secondary N) is 1. The number of carbonyl (C=O) groups excluding carboxylic acids is 2. The van der Waals surface area contributed by atoms with E-state index in [1.165, 1.54) is 11.2 Å². The van der Waals surface area contributed by atoms with Gasteiger partial charge in [-0.25, -0.2) is 8.42 Å². The molecule has 162 valence electrons. The number of carbonyl (C=O) groups is 2. The molecule has 1 N–H and O–H groups in total. The largest absolute Gasteiger partial charge is 0.336 e. The van der Waals surface area contributed by atoms with Crippen LogP contribution in [0.25, 0.3) is 0 Å². The van der Waals surface area contributed by atoms with E-state index in [2.05, 4.69) is 10.4 Å². The summed E-state index contributed by atoms with van der Waals surface area (Å²) in [4.78, 5) is 26.0. The zero-order valence-corrected chi connectivity index (χ0v) is 18.5. The Bertz CT molecular complexity index is 1070. The van der Waals surface area contributed by atoms with E-state index in [-0.39, 0.29) is 29.8 Å². The second kappa shape index (κ2) is 8.57. The Balaban J connectivity index is 1.72. The van der Waals surface area contributed by atoms with E-state index in [9.17, 15) is 18.0 Å². The SMILES string of the molecule is CCn1nc(C)c(S(=O)(=O)N2CCN(C(=O)c3cccc(NC(C)=O)c3)CC2)c1C. The number of aryl methyl sites for hydroxylation is 2. The van der Waals surface area contributed by atoms with E-state index < -0.39 is 10.0 Å². The van der Waals surface area contributed by atoms with E-state index in [0.29, 0.717) is 42.3 Å². The number of hydrogen-bond acceptors (Lipinski definition) is 5. The minimum atomic E-state index is -3.68. The average molecular weight is 434 g/mol. The maximum atomic E-state index is 13.2. The van der Waals surface area contributed by atoms with Gasteiger partial charge in [-0.2, -0.15) is 9.40 Å². The summed E-state index contributed by atoms with van der Waals surface area (Å²) in [5.74, 6) is -0.402. The van der Waals surface area contributed by atoms with Crippen LogP contribution in [0.15, 0.2) is 29.2 Å². The quantitative estimate of drug-likeness (QED) is 0.772. The molecule has 2 aromatic rings. The minimum Gasteiger partial charge on any atom is -0.336 e. The summed E-state index contributed by atoms with van der Waals surface area (Å²) in [5, 5.41) is 6.98. The predicted molar refractivity (Wildman–Crippen MR) is 113 cm³/mol. The van der Waals surface area contributed by atoms with Crippen LogP contribution in [0.5, 0.6) is 0 Å². The lowest BCUT2D eigenvalue weighted by atomic mass is 10.1. The van der Waals surface area contributed by atoms with Crippen LogP contribution in [0.2, 0.25) is 0 Å². The maximum absolute atomic E-state index is 13.2. The van der Waals surface area contributed by atoms with Crippen molar-refractivity contribution in [3.8, 4) is 0 Å². The van der Waals surface area contributed by atoms with Gasteiger partial charge < -0.3 is 10.2 Å². The fraction of sp³-hybridized carbons (Fsp3) is 0.450. The smallest absolute Gasteiger partial charge is 0.254 e. The Morgan fingerprint density at radius 3 is 2.37 bits per heavy atom. The third-order valence-electron chi connectivity index (χ3n) is 5.17. The van der Waals surface area contributed by atoms with Crippen LogP contribution in [0, 0.1) is 13.8 Å². The Morgan fingerprint density at radius 2 is 1.80 bits per heavy atom. The van der Waals surface area contributed by atoms with Crippen LogP contribution >= 0.6 is 0 Å². The number of rotatable bonds is 5. The highest BCUT2D eigenvalue weighted by atomic mass is 32.2. The van der Waals surface area contributed by atoms with Crippen LogP contribution in [-0.4, -0.2) is 65.4 Å². The Labute approximate surface area is 176 Å². The molecule has 3 rings (SSSR count). The summed E-state index contributed by atoms with van der Waals surface area (Å²) in [6, 6.07) is 6.72. The summed E-state index contributed by atoms with van der Waals surface area (Å²) in [5.41, 5.74) is 2.12. The number of benzene rings is 1. The molecule has 0 unspecified atom stereocenters. The van der Waals surface area contributed by atoms with Gasteiger partial charge in [0, 0.05) is 50.9 Å². The third kappa shape index (κ3) is 4.24. The van der Waals surface area contributed by atoms with Crippen molar-refractivity contribution in [2.24, 2.45) is 0 Å². The summed E-state index contributed by atoms with van der Waals surface area (Å²) in [6.07, 6.45) is 0. The second-order valence-electron chi connectivity index (χ2n) is 7.27. The molecule has 0 saturated carbocycles. The van der Waals surface area contributed by atoms with E-state index in [1.807, 2.05) is 6.92 Å². The monoisotopic (exact) mass is 433 g/mol. The highest BCUT2D eigenvalue weighted by molar-refractivity contribution is 7.89. The lowest BCUT2D eigenvalue weighted by Gasteiger charge is -2.34. The topological polar surface area (TPSA) is 105 Å². The molecular weight excluding hydrogens is 406 g/mol. The van der Waals surface area contributed by atoms with Gasteiger partial charge in [0.2, 0.25) is 15.9 Å². The van der Waals surface area contributed by atoms with Crippen molar-refractivity contribution in [1.82, 2.24) is 19.0 Å². The predicted octanol–water partition coefficient (Wildman–Crippen LogP) is 1.62. The van der Waals surface area contributed by atoms with Gasteiger partial charge in [-0.3, -0.25) is 14.3 Å². The second-order valence-corrected chi connectivity index (χ2v) is 9.15. The molecule has 1 aromatic carbocycles. The molecule has 0 bridgehead atoms. The zero-order chi connectivity index (χ0) is 22.1. The normalized spacial score (nSPS) is 15.3. The molecule has 0 atom stereocenters. The van der Waals surface area contributed by atoms with Crippen molar-refractivity contribution in [2.45, 2.75) is 39.1 Å². The molecule has 1 aliphatic heterocycles. The molecule has 1 aromatic heterocycles. The number of piperazine rings is 1. The summed E-state index contributed by atoms with van der Waals surface area (Å²) in [6.45, 7) is 8.41. The molecule has 0 spiro atoms. The number of sulfonamides is 1. The standard InChI is InChI=1S/C20H27N5O4S/c1-5-25-15(3)19(14(2)22-25)30(28,29)24-11-9-23(10-12-24)20(27)17-7-6-8-18(13-17)21-16(4)26/h6-8,13H,5,9-12H2,1-4H3,(H,21,26). The Morgan fingerprint density at radius 1 is 1.13 bits per heavy atom. The zero-order valence-electron chi connectivity index (χ0n) is 17.7. The molecule has 1 aliphatic rings. The third-order valence-corrected chi connectivity index (χ3v) is 7.32. The van der Waals surface area contributed by atoms with Gasteiger partial charge >= 0.3 is 0 Å². The van der Waals surface area contributed by atoms with E-state index in [1.54, 1.807) is 47.7 Å². The van der Waals surface area contributed by atoms with Crippen molar-refractivity contribution >= 4 is 27.5 Å². The van der Waals surface area contributed by atoms with Crippen molar-refractivity contribution in [2.75, 3.05) is 31.5 Å². The Hall–Kier alpha value is -2.72. The maximum Gasteiger partial charge on any atom is 0.254 e. The molecular formula is C20H27N5O4S. The van der Waals surface area contributed by atoms with Crippen molar-refractivity contribution in [3.05, 3.63) is 41.2 Å². The first kappa shape index (κ1) is 22.0. The van der Waals surface area contributed by atoms with Crippen molar-refractivity contribution in [3.63, 3.8) is 0 Å². The van der Waals surface area contributed by atoms with E-state index in [4.69, 9.17) is 0 Å². The molecule has 10 heteroatoms. The van der Waals surface area contributed by atoms with Crippen LogP contribution < -0.4 is 5.32 Å². The van der Waals surface area contributed by atoms with E-state index in [0.717, 1.165) is 0 Å². The highest BCUT2D eigenvalue weighted by Crippen LogP contribution is 2.25. The Kier molecular flexibility index (Phi) is 6.27. The van der Waals surface area contributed by atoms with Gasteiger partial charge in [-0.15, -0.1) is 0 Å². The summed E-state index contributed by atoms with van der Waals surface area (Å²) < 4.78 is 29.5.